The van der Waals surface area contributed by atoms with Gasteiger partial charge in [-0.1, -0.05) is 17.4 Å². The van der Waals surface area contributed by atoms with Crippen LogP contribution in [0.5, 0.6) is 0 Å². The zero-order valence-corrected chi connectivity index (χ0v) is 5.96. The molecular formula is C7H8N4. The maximum atomic E-state index is 3.91. The molecule has 4 heteroatoms. The maximum Gasteiger partial charge on any atom is 0.0792 e. The Balaban J connectivity index is 2.23. The Labute approximate surface area is 64.8 Å². The van der Waals surface area contributed by atoms with Crippen LogP contribution >= 0.6 is 0 Å². The van der Waals surface area contributed by atoms with Crippen LogP contribution in [0.4, 0.5) is 0 Å². The van der Waals surface area contributed by atoms with Gasteiger partial charge < -0.3 is 0 Å². The van der Waals surface area contributed by atoms with Gasteiger partial charge in [0.25, 0.3) is 0 Å². The van der Waals surface area contributed by atoms with E-state index in [1.165, 1.54) is 0 Å². The van der Waals surface area contributed by atoms with Crippen molar-refractivity contribution in [1.29, 1.82) is 0 Å². The number of allylic oxidation sites excluding steroid dienone is 2. The largest absolute Gasteiger partial charge is 0.249 e. The van der Waals surface area contributed by atoms with Crippen molar-refractivity contribution in [2.24, 2.45) is 10.3 Å². The standard InChI is InChI=1S/C7H8N4/c1-2-5-10-7-4-8-9-11(10)6-3-1/h1-5,7H,6H2. The summed E-state index contributed by atoms with van der Waals surface area (Å²) in [6, 6.07) is 0. The van der Waals surface area contributed by atoms with Crippen LogP contribution in [-0.2, 0) is 0 Å². The van der Waals surface area contributed by atoms with Crippen LogP contribution in [0.2, 0.25) is 0 Å². The molecule has 0 bridgehead atoms. The van der Waals surface area contributed by atoms with Crippen LogP contribution in [0, 0.1) is 0 Å². The Hall–Kier alpha value is -1.58. The summed E-state index contributed by atoms with van der Waals surface area (Å²) in [5, 5.41) is 11.3. The maximum absolute atomic E-state index is 3.91. The molecule has 4 nitrogen and oxygen atoms in total. The van der Waals surface area contributed by atoms with Crippen LogP contribution in [0.3, 0.4) is 0 Å². The lowest BCUT2D eigenvalue weighted by Gasteiger charge is -2.26. The van der Waals surface area contributed by atoms with Crippen molar-refractivity contribution in [3.05, 3.63) is 36.8 Å². The smallest absolute Gasteiger partial charge is 0.0792 e. The third-order valence-electron chi connectivity index (χ3n) is 1.46. The molecule has 0 atom stereocenters. The second-order valence-electron chi connectivity index (χ2n) is 2.21. The quantitative estimate of drug-likeness (QED) is 0.520. The Morgan fingerprint density at radius 1 is 1.18 bits per heavy atom. The predicted molar refractivity (Wildman–Crippen MR) is 40.8 cm³/mol. The molecule has 0 spiro atoms. The summed E-state index contributed by atoms with van der Waals surface area (Å²) in [6.45, 7) is 0.765. The highest BCUT2D eigenvalue weighted by Gasteiger charge is 2.08. The molecule has 0 aliphatic carbocycles. The zero-order valence-electron chi connectivity index (χ0n) is 5.96. The number of nitrogens with zero attached hydrogens (tertiary/aromatic N) is 4. The van der Waals surface area contributed by atoms with Crippen molar-refractivity contribution in [2.45, 2.75) is 0 Å². The van der Waals surface area contributed by atoms with E-state index < -0.39 is 0 Å². The van der Waals surface area contributed by atoms with Crippen molar-refractivity contribution in [1.82, 2.24) is 10.1 Å². The molecule has 0 saturated heterocycles. The van der Waals surface area contributed by atoms with Gasteiger partial charge in [0.1, 0.15) is 0 Å². The van der Waals surface area contributed by atoms with Gasteiger partial charge in [-0.05, 0) is 6.08 Å². The minimum atomic E-state index is 0.765. The van der Waals surface area contributed by atoms with Crippen LogP contribution in [0.1, 0.15) is 0 Å². The fourth-order valence-electron chi connectivity index (χ4n) is 0.940. The van der Waals surface area contributed by atoms with Gasteiger partial charge in [0.15, 0.2) is 0 Å². The molecule has 0 N–H and O–H groups in total. The molecule has 0 saturated carbocycles. The van der Waals surface area contributed by atoms with E-state index >= 15 is 0 Å². The average molecular weight is 148 g/mol. The zero-order chi connectivity index (χ0) is 7.52. The molecule has 2 aliphatic rings. The van der Waals surface area contributed by atoms with E-state index in [1.807, 2.05) is 35.6 Å². The highest BCUT2D eigenvalue weighted by molar-refractivity contribution is 5.07. The third kappa shape index (κ3) is 1.14. The average Bonchev–Trinajstić information content (AvgIpc) is 2.28. The van der Waals surface area contributed by atoms with E-state index in [2.05, 4.69) is 10.3 Å². The molecule has 2 aliphatic heterocycles. The topological polar surface area (TPSA) is 31.2 Å². The first-order valence-corrected chi connectivity index (χ1v) is 3.43. The van der Waals surface area contributed by atoms with Crippen LogP contribution in [0.15, 0.2) is 47.2 Å². The Morgan fingerprint density at radius 3 is 3.18 bits per heavy atom. The monoisotopic (exact) mass is 148 g/mol. The predicted octanol–water partition coefficient (Wildman–Crippen LogP) is 1.44. The van der Waals surface area contributed by atoms with Crippen LogP contribution < -0.4 is 0 Å². The van der Waals surface area contributed by atoms with Crippen molar-refractivity contribution in [3.63, 3.8) is 0 Å². The molecule has 0 aromatic carbocycles. The highest BCUT2D eigenvalue weighted by Crippen LogP contribution is 2.09. The van der Waals surface area contributed by atoms with E-state index in [9.17, 15) is 0 Å². The van der Waals surface area contributed by atoms with E-state index in [0.29, 0.717) is 0 Å². The first kappa shape index (κ1) is 6.15. The summed E-state index contributed by atoms with van der Waals surface area (Å²) in [5.41, 5.74) is 0. The number of hydrazine groups is 1. The molecular weight excluding hydrogens is 140 g/mol. The van der Waals surface area contributed by atoms with E-state index in [-0.39, 0.29) is 0 Å². The minimum Gasteiger partial charge on any atom is -0.249 e. The highest BCUT2D eigenvalue weighted by atomic mass is 15.8. The van der Waals surface area contributed by atoms with Gasteiger partial charge in [0.05, 0.1) is 12.7 Å². The first-order valence-electron chi connectivity index (χ1n) is 3.43. The number of hydrogen-bond acceptors (Lipinski definition) is 4. The third-order valence-corrected chi connectivity index (χ3v) is 1.46. The SMILES string of the molecule is C1=CCN2N=NC=CN2C=C1. The molecule has 0 fully saturated rings. The molecule has 11 heavy (non-hydrogen) atoms. The minimum absolute atomic E-state index is 0.765. The van der Waals surface area contributed by atoms with Crippen LogP contribution in [0.25, 0.3) is 0 Å². The second-order valence-corrected chi connectivity index (χ2v) is 2.21. The number of rotatable bonds is 0. The van der Waals surface area contributed by atoms with Crippen molar-refractivity contribution >= 4 is 0 Å². The summed E-state index contributed by atoms with van der Waals surface area (Å²) in [7, 11) is 0. The lowest BCUT2D eigenvalue weighted by molar-refractivity contribution is 0.0704. The van der Waals surface area contributed by atoms with Crippen molar-refractivity contribution in [2.75, 3.05) is 6.54 Å². The van der Waals surface area contributed by atoms with Crippen LogP contribution in [-0.4, -0.2) is 16.7 Å². The van der Waals surface area contributed by atoms with Gasteiger partial charge in [0, 0.05) is 12.4 Å². The van der Waals surface area contributed by atoms with Gasteiger partial charge in [-0.3, -0.25) is 0 Å². The fourth-order valence-corrected chi connectivity index (χ4v) is 0.940. The molecule has 0 aromatic rings. The number of fused-ring (bicyclic) bond motifs is 1. The summed E-state index contributed by atoms with van der Waals surface area (Å²) in [5.74, 6) is 0. The Bertz CT molecular complexity index is 251. The van der Waals surface area contributed by atoms with E-state index in [4.69, 9.17) is 0 Å². The normalized spacial score (nSPS) is 20.4. The molecule has 0 aromatic heterocycles. The summed E-state index contributed by atoms with van der Waals surface area (Å²) in [6.07, 6.45) is 11.4. The first-order chi connectivity index (χ1) is 5.47. The van der Waals surface area contributed by atoms with E-state index in [1.54, 1.807) is 11.3 Å². The van der Waals surface area contributed by atoms with Gasteiger partial charge in [0.2, 0.25) is 0 Å². The number of hydrogen-bond donors (Lipinski definition) is 0. The van der Waals surface area contributed by atoms with Crippen molar-refractivity contribution < 1.29 is 0 Å². The fraction of sp³-hybridized carbons (Fsp3) is 0.143. The van der Waals surface area contributed by atoms with Gasteiger partial charge >= 0.3 is 0 Å². The molecule has 0 unspecified atom stereocenters. The molecule has 56 valence electrons. The second kappa shape index (κ2) is 2.57. The molecule has 0 radical (unpaired) electrons. The molecule has 2 rings (SSSR count). The molecule has 0 amide bonds. The Kier molecular flexibility index (Phi) is 1.44. The van der Waals surface area contributed by atoms with Gasteiger partial charge in [-0.2, -0.15) is 5.12 Å². The Morgan fingerprint density at radius 2 is 2.18 bits per heavy atom. The lowest BCUT2D eigenvalue weighted by Crippen LogP contribution is -2.30. The van der Waals surface area contributed by atoms with Gasteiger partial charge in [-0.15, -0.1) is 5.11 Å². The summed E-state index contributed by atoms with van der Waals surface area (Å²) in [4.78, 5) is 0. The summed E-state index contributed by atoms with van der Waals surface area (Å²) < 4.78 is 0. The van der Waals surface area contributed by atoms with E-state index in [0.717, 1.165) is 6.54 Å². The lowest BCUT2D eigenvalue weighted by atomic mass is 10.5. The van der Waals surface area contributed by atoms with Crippen molar-refractivity contribution in [3.8, 4) is 0 Å². The van der Waals surface area contributed by atoms with Gasteiger partial charge in [-0.25, -0.2) is 5.01 Å². The molecule has 2 heterocycles. The summed E-state index contributed by atoms with van der Waals surface area (Å²) >= 11 is 0.